The topological polar surface area (TPSA) is 83.8 Å². The molecule has 0 unspecified atom stereocenters. The van der Waals surface area contributed by atoms with Crippen molar-refractivity contribution in [2.45, 2.75) is 31.7 Å². The number of imidazole rings is 1. The summed E-state index contributed by atoms with van der Waals surface area (Å²) in [6.07, 6.45) is 7.22. The van der Waals surface area contributed by atoms with Crippen molar-refractivity contribution in [1.29, 1.82) is 0 Å². The number of H-pyrrole nitrogens is 1. The van der Waals surface area contributed by atoms with Crippen molar-refractivity contribution in [3.63, 3.8) is 0 Å². The van der Waals surface area contributed by atoms with Gasteiger partial charge in [0.15, 0.2) is 0 Å². The zero-order chi connectivity index (χ0) is 14.7. The number of nitrogens with two attached hydrogens (primary N) is 1. The highest BCUT2D eigenvalue weighted by molar-refractivity contribution is 5.91. The molecule has 2 atom stereocenters. The van der Waals surface area contributed by atoms with Gasteiger partial charge in [0.05, 0.1) is 0 Å². The molecule has 1 fully saturated rings. The van der Waals surface area contributed by atoms with Gasteiger partial charge < -0.3 is 16.0 Å². The summed E-state index contributed by atoms with van der Waals surface area (Å²) in [5.74, 6) is 1.15. The van der Waals surface area contributed by atoms with E-state index in [0.717, 1.165) is 36.3 Å². The Kier molecular flexibility index (Phi) is 7.55. The summed E-state index contributed by atoms with van der Waals surface area (Å²) in [7, 11) is 0. The van der Waals surface area contributed by atoms with E-state index in [-0.39, 0.29) is 36.8 Å². The number of hydrogen-bond acceptors (Lipinski definition) is 3. The smallest absolute Gasteiger partial charge is 0.224 e. The van der Waals surface area contributed by atoms with Crippen LogP contribution in [0.25, 0.3) is 11.4 Å². The van der Waals surface area contributed by atoms with Crippen LogP contribution >= 0.6 is 24.8 Å². The standard InChI is InChI=1S/C16H20N4O.2ClH/c17-14-6-2-3-11(14)10-15(21)20-13-5-1-4-12(9-13)16-18-7-8-19-16;;/h1,4-5,7-9,11,14H,2-3,6,10,17H2,(H,18,19)(H,20,21);2*1H/t11-,14+;;/m0../s1. The summed E-state index contributed by atoms with van der Waals surface area (Å²) >= 11 is 0. The number of halogens is 2. The Morgan fingerprint density at radius 3 is 2.83 bits per heavy atom. The number of nitrogens with zero attached hydrogens (tertiary/aromatic N) is 1. The van der Waals surface area contributed by atoms with Gasteiger partial charge in [0.25, 0.3) is 0 Å². The van der Waals surface area contributed by atoms with Crippen LogP contribution in [-0.2, 0) is 4.79 Å². The van der Waals surface area contributed by atoms with E-state index in [1.807, 2.05) is 24.3 Å². The normalized spacial score (nSPS) is 19.5. The lowest BCUT2D eigenvalue weighted by Gasteiger charge is -2.15. The van der Waals surface area contributed by atoms with E-state index >= 15 is 0 Å². The molecule has 0 radical (unpaired) electrons. The number of carbonyl (C=O) groups is 1. The molecule has 0 spiro atoms. The average molecular weight is 357 g/mol. The van der Waals surface area contributed by atoms with Crippen LogP contribution in [0.2, 0.25) is 0 Å². The quantitative estimate of drug-likeness (QED) is 0.784. The summed E-state index contributed by atoms with van der Waals surface area (Å²) in [5.41, 5.74) is 7.76. The fraction of sp³-hybridized carbons (Fsp3) is 0.375. The fourth-order valence-corrected chi connectivity index (χ4v) is 2.94. The minimum absolute atomic E-state index is 0. The molecule has 23 heavy (non-hydrogen) atoms. The van der Waals surface area contributed by atoms with Crippen molar-refractivity contribution >= 4 is 36.4 Å². The molecule has 3 rings (SSSR count). The average Bonchev–Trinajstić information content (AvgIpc) is 3.12. The number of benzene rings is 1. The van der Waals surface area contributed by atoms with Gasteiger partial charge in [-0.1, -0.05) is 18.6 Å². The zero-order valence-corrected chi connectivity index (χ0v) is 14.3. The molecule has 7 heteroatoms. The van der Waals surface area contributed by atoms with Crippen molar-refractivity contribution in [3.05, 3.63) is 36.7 Å². The first-order chi connectivity index (χ1) is 10.2. The number of rotatable bonds is 4. The largest absolute Gasteiger partial charge is 0.345 e. The summed E-state index contributed by atoms with van der Waals surface area (Å²) in [6.45, 7) is 0. The van der Waals surface area contributed by atoms with Gasteiger partial charge in [0.2, 0.25) is 5.91 Å². The third-order valence-electron chi connectivity index (χ3n) is 4.08. The predicted molar refractivity (Wildman–Crippen MR) is 97.1 cm³/mol. The first kappa shape index (κ1) is 19.5. The Balaban J connectivity index is 0.00000132. The molecule has 1 saturated carbocycles. The van der Waals surface area contributed by atoms with Gasteiger partial charge >= 0.3 is 0 Å². The lowest BCUT2D eigenvalue weighted by atomic mass is 10.00. The van der Waals surface area contributed by atoms with Crippen LogP contribution < -0.4 is 11.1 Å². The molecule has 1 amide bonds. The summed E-state index contributed by atoms with van der Waals surface area (Å²) < 4.78 is 0. The highest BCUT2D eigenvalue weighted by Crippen LogP contribution is 2.27. The highest BCUT2D eigenvalue weighted by Gasteiger charge is 2.25. The maximum atomic E-state index is 12.1. The third kappa shape index (κ3) is 4.96. The lowest BCUT2D eigenvalue weighted by molar-refractivity contribution is -0.117. The summed E-state index contributed by atoms with van der Waals surface area (Å²) in [4.78, 5) is 19.4. The summed E-state index contributed by atoms with van der Waals surface area (Å²) in [6, 6.07) is 7.85. The van der Waals surface area contributed by atoms with Crippen LogP contribution in [-0.4, -0.2) is 21.9 Å². The van der Waals surface area contributed by atoms with Gasteiger partial charge in [-0.25, -0.2) is 4.98 Å². The van der Waals surface area contributed by atoms with E-state index in [2.05, 4.69) is 15.3 Å². The number of carbonyl (C=O) groups excluding carboxylic acids is 1. The second-order valence-corrected chi connectivity index (χ2v) is 5.63. The van der Waals surface area contributed by atoms with Crippen LogP contribution in [0.3, 0.4) is 0 Å². The molecule has 1 aliphatic rings. The van der Waals surface area contributed by atoms with Crippen LogP contribution in [0.15, 0.2) is 36.7 Å². The van der Waals surface area contributed by atoms with E-state index < -0.39 is 0 Å². The molecular formula is C16H22Cl2N4O. The van der Waals surface area contributed by atoms with Crippen LogP contribution in [0.5, 0.6) is 0 Å². The Bertz CT molecular complexity index is 618. The monoisotopic (exact) mass is 356 g/mol. The maximum Gasteiger partial charge on any atom is 0.224 e. The Hall–Kier alpha value is -1.56. The zero-order valence-electron chi connectivity index (χ0n) is 12.7. The molecule has 4 N–H and O–H groups in total. The molecule has 126 valence electrons. The Labute approximate surface area is 148 Å². The number of amides is 1. The van der Waals surface area contributed by atoms with Crippen molar-refractivity contribution < 1.29 is 4.79 Å². The Morgan fingerprint density at radius 1 is 1.35 bits per heavy atom. The van der Waals surface area contributed by atoms with Gasteiger partial charge in [-0.2, -0.15) is 0 Å². The predicted octanol–water partition coefficient (Wildman–Crippen LogP) is 3.38. The number of hydrogen-bond donors (Lipinski definition) is 3. The number of aromatic amines is 1. The number of nitrogens with one attached hydrogen (secondary N) is 2. The fourth-order valence-electron chi connectivity index (χ4n) is 2.94. The third-order valence-corrected chi connectivity index (χ3v) is 4.08. The van der Waals surface area contributed by atoms with Gasteiger partial charge in [-0.3, -0.25) is 4.79 Å². The molecule has 2 aromatic rings. The molecule has 0 aliphatic heterocycles. The maximum absolute atomic E-state index is 12.1. The van der Waals surface area contributed by atoms with Crippen molar-refractivity contribution in [2.75, 3.05) is 5.32 Å². The van der Waals surface area contributed by atoms with E-state index in [4.69, 9.17) is 5.73 Å². The molecule has 1 aromatic carbocycles. The highest BCUT2D eigenvalue weighted by atomic mass is 35.5. The van der Waals surface area contributed by atoms with Gasteiger partial charge in [-0.15, -0.1) is 24.8 Å². The number of anilines is 1. The molecule has 0 bridgehead atoms. The SMILES string of the molecule is Cl.Cl.N[C@@H]1CCC[C@H]1CC(=O)Nc1cccc(-c2ncc[nH]2)c1. The van der Waals surface area contributed by atoms with Crippen molar-refractivity contribution in [3.8, 4) is 11.4 Å². The van der Waals surface area contributed by atoms with Crippen molar-refractivity contribution in [1.82, 2.24) is 9.97 Å². The molecule has 0 saturated heterocycles. The van der Waals surface area contributed by atoms with E-state index in [1.54, 1.807) is 12.4 Å². The first-order valence-electron chi connectivity index (χ1n) is 7.37. The second-order valence-electron chi connectivity index (χ2n) is 5.63. The minimum Gasteiger partial charge on any atom is -0.345 e. The lowest BCUT2D eigenvalue weighted by Crippen LogP contribution is -2.28. The molecule has 1 aromatic heterocycles. The van der Waals surface area contributed by atoms with E-state index in [9.17, 15) is 4.79 Å². The Morgan fingerprint density at radius 2 is 2.17 bits per heavy atom. The first-order valence-corrected chi connectivity index (χ1v) is 7.37. The van der Waals surface area contributed by atoms with Crippen LogP contribution in [0.1, 0.15) is 25.7 Å². The van der Waals surface area contributed by atoms with E-state index in [0.29, 0.717) is 12.3 Å². The molecule has 1 heterocycles. The second kappa shape index (κ2) is 8.91. The summed E-state index contributed by atoms with van der Waals surface area (Å²) in [5, 5.41) is 2.96. The van der Waals surface area contributed by atoms with Crippen molar-refractivity contribution in [2.24, 2.45) is 11.7 Å². The van der Waals surface area contributed by atoms with Gasteiger partial charge in [0.1, 0.15) is 5.82 Å². The van der Waals surface area contributed by atoms with Crippen LogP contribution in [0, 0.1) is 5.92 Å². The minimum atomic E-state index is 0. The van der Waals surface area contributed by atoms with Gasteiger partial charge in [-0.05, 0) is 30.9 Å². The number of aromatic nitrogens is 2. The molecular weight excluding hydrogens is 335 g/mol. The molecule has 5 nitrogen and oxygen atoms in total. The van der Waals surface area contributed by atoms with Crippen LogP contribution in [0.4, 0.5) is 5.69 Å². The molecule has 1 aliphatic carbocycles. The van der Waals surface area contributed by atoms with E-state index in [1.165, 1.54) is 0 Å². The van der Waals surface area contributed by atoms with Gasteiger partial charge in [0, 0.05) is 36.1 Å².